The molecule has 0 saturated carbocycles. The number of carbonyl (C=O) groups is 1. The Hall–Kier alpha value is -2.20. The van der Waals surface area contributed by atoms with Crippen molar-refractivity contribution in [1.29, 1.82) is 0 Å². The van der Waals surface area contributed by atoms with Gasteiger partial charge in [0.05, 0.1) is 17.9 Å². The fourth-order valence-corrected chi connectivity index (χ4v) is 2.24. The molecule has 0 bridgehead atoms. The molecule has 0 radical (unpaired) electrons. The van der Waals surface area contributed by atoms with Crippen LogP contribution in [-0.2, 0) is 4.79 Å². The van der Waals surface area contributed by atoms with Crippen molar-refractivity contribution in [2.45, 2.75) is 6.92 Å². The molecule has 2 aromatic rings. The molecule has 4 nitrogen and oxygen atoms in total. The molecule has 5 heteroatoms. The Morgan fingerprint density at radius 3 is 2.76 bits per heavy atom. The van der Waals surface area contributed by atoms with E-state index in [1.165, 1.54) is 0 Å². The number of hydrogen-bond donors (Lipinski definition) is 2. The number of nitrogens with one attached hydrogen (secondary N) is 1. The standard InChI is InChI=1S/C16H18ClN3O/c1-11-4-3-5-13(8-11)19-16(21)10-20(2)15-9-12(17)6-7-14(15)18/h3-9H,10,18H2,1-2H3,(H,19,21). The van der Waals surface area contributed by atoms with E-state index < -0.39 is 0 Å². The summed E-state index contributed by atoms with van der Waals surface area (Å²) in [5.41, 5.74) is 9.11. The van der Waals surface area contributed by atoms with Crippen molar-refractivity contribution < 1.29 is 4.79 Å². The Balaban J connectivity index is 2.03. The number of halogens is 1. The van der Waals surface area contributed by atoms with Crippen molar-refractivity contribution in [2.24, 2.45) is 0 Å². The van der Waals surface area contributed by atoms with E-state index in [0.717, 1.165) is 16.9 Å². The second kappa shape index (κ2) is 6.50. The fraction of sp³-hybridized carbons (Fsp3) is 0.188. The number of likely N-dealkylation sites (N-methyl/N-ethyl adjacent to an activating group) is 1. The van der Waals surface area contributed by atoms with Crippen LogP contribution >= 0.6 is 11.6 Å². The van der Waals surface area contributed by atoms with Gasteiger partial charge >= 0.3 is 0 Å². The second-order valence-corrected chi connectivity index (χ2v) is 5.41. The van der Waals surface area contributed by atoms with Crippen LogP contribution in [0.25, 0.3) is 0 Å². The third-order valence-corrected chi connectivity index (χ3v) is 3.32. The first-order valence-electron chi connectivity index (χ1n) is 6.58. The molecule has 0 aliphatic heterocycles. The minimum Gasteiger partial charge on any atom is -0.397 e. The van der Waals surface area contributed by atoms with Crippen LogP contribution in [0.3, 0.4) is 0 Å². The Labute approximate surface area is 129 Å². The number of amides is 1. The molecule has 2 aromatic carbocycles. The molecular weight excluding hydrogens is 286 g/mol. The lowest BCUT2D eigenvalue weighted by Crippen LogP contribution is -2.30. The molecule has 3 N–H and O–H groups in total. The maximum Gasteiger partial charge on any atom is 0.243 e. The SMILES string of the molecule is Cc1cccc(NC(=O)CN(C)c2cc(Cl)ccc2N)c1. The lowest BCUT2D eigenvalue weighted by atomic mass is 10.2. The van der Waals surface area contributed by atoms with Crippen LogP contribution in [-0.4, -0.2) is 19.5 Å². The van der Waals surface area contributed by atoms with Crippen molar-refractivity contribution in [3.63, 3.8) is 0 Å². The van der Waals surface area contributed by atoms with Gasteiger partial charge in [0, 0.05) is 17.8 Å². The molecule has 1 amide bonds. The molecule has 0 saturated heterocycles. The quantitative estimate of drug-likeness (QED) is 0.852. The number of nitrogens with zero attached hydrogens (tertiary/aromatic N) is 1. The first kappa shape index (κ1) is 15.2. The summed E-state index contributed by atoms with van der Waals surface area (Å²) in [4.78, 5) is 13.8. The van der Waals surface area contributed by atoms with Gasteiger partial charge in [0.1, 0.15) is 0 Å². The van der Waals surface area contributed by atoms with Crippen molar-refractivity contribution in [1.82, 2.24) is 0 Å². The minimum absolute atomic E-state index is 0.109. The number of nitrogens with two attached hydrogens (primary N) is 1. The van der Waals surface area contributed by atoms with Crippen molar-refractivity contribution in [3.05, 3.63) is 53.1 Å². The Morgan fingerprint density at radius 2 is 2.05 bits per heavy atom. The molecule has 0 spiro atoms. The largest absolute Gasteiger partial charge is 0.397 e. The van der Waals surface area contributed by atoms with Gasteiger partial charge in [0.25, 0.3) is 0 Å². The van der Waals surface area contributed by atoms with E-state index in [-0.39, 0.29) is 12.5 Å². The van der Waals surface area contributed by atoms with Crippen LogP contribution in [0, 0.1) is 6.92 Å². The van der Waals surface area contributed by atoms with Gasteiger partial charge in [0.15, 0.2) is 0 Å². The zero-order valence-corrected chi connectivity index (χ0v) is 12.8. The van der Waals surface area contributed by atoms with Crippen molar-refractivity contribution in [3.8, 4) is 0 Å². The van der Waals surface area contributed by atoms with E-state index in [2.05, 4.69) is 5.32 Å². The van der Waals surface area contributed by atoms with Crippen LogP contribution in [0.2, 0.25) is 5.02 Å². The van der Waals surface area contributed by atoms with E-state index in [0.29, 0.717) is 10.7 Å². The van der Waals surface area contributed by atoms with Gasteiger partial charge in [-0.2, -0.15) is 0 Å². The summed E-state index contributed by atoms with van der Waals surface area (Å²) in [6, 6.07) is 12.9. The zero-order chi connectivity index (χ0) is 15.4. The van der Waals surface area contributed by atoms with Crippen LogP contribution in [0.1, 0.15) is 5.56 Å². The van der Waals surface area contributed by atoms with Gasteiger partial charge < -0.3 is 16.0 Å². The third-order valence-electron chi connectivity index (χ3n) is 3.09. The van der Waals surface area contributed by atoms with E-state index in [9.17, 15) is 4.79 Å². The number of rotatable bonds is 4. The molecular formula is C16H18ClN3O. The third kappa shape index (κ3) is 4.13. The molecule has 110 valence electrons. The van der Waals surface area contributed by atoms with E-state index in [1.54, 1.807) is 30.1 Å². The van der Waals surface area contributed by atoms with Gasteiger partial charge in [-0.05, 0) is 42.8 Å². The molecule has 21 heavy (non-hydrogen) atoms. The summed E-state index contributed by atoms with van der Waals surface area (Å²) in [5.74, 6) is -0.109. The number of nitrogen functional groups attached to an aromatic ring is 1. The summed E-state index contributed by atoms with van der Waals surface area (Å²) in [7, 11) is 1.80. The van der Waals surface area contributed by atoms with Gasteiger partial charge in [-0.3, -0.25) is 4.79 Å². The Kier molecular flexibility index (Phi) is 4.70. The maximum absolute atomic E-state index is 12.1. The summed E-state index contributed by atoms with van der Waals surface area (Å²) in [6.07, 6.45) is 0. The lowest BCUT2D eigenvalue weighted by molar-refractivity contribution is -0.114. The lowest BCUT2D eigenvalue weighted by Gasteiger charge is -2.20. The molecule has 0 aliphatic carbocycles. The number of hydrogen-bond acceptors (Lipinski definition) is 3. The molecule has 0 unspecified atom stereocenters. The molecule has 0 fully saturated rings. The van der Waals surface area contributed by atoms with E-state index >= 15 is 0 Å². The van der Waals surface area contributed by atoms with E-state index in [1.807, 2.05) is 31.2 Å². The number of benzene rings is 2. The fourth-order valence-electron chi connectivity index (χ4n) is 2.07. The molecule has 0 atom stereocenters. The molecule has 0 aliphatic rings. The number of aryl methyl sites for hydroxylation is 1. The highest BCUT2D eigenvalue weighted by molar-refractivity contribution is 6.31. The highest BCUT2D eigenvalue weighted by Gasteiger charge is 2.11. The Morgan fingerprint density at radius 1 is 1.29 bits per heavy atom. The predicted octanol–water partition coefficient (Wildman–Crippen LogP) is 3.31. The normalized spacial score (nSPS) is 10.2. The summed E-state index contributed by atoms with van der Waals surface area (Å²) in [5, 5.41) is 3.45. The monoisotopic (exact) mass is 303 g/mol. The van der Waals surface area contributed by atoms with Gasteiger partial charge in [-0.1, -0.05) is 23.7 Å². The summed E-state index contributed by atoms with van der Waals surface area (Å²) in [6.45, 7) is 2.17. The Bertz CT molecular complexity index is 658. The van der Waals surface area contributed by atoms with Crippen LogP contribution in [0.15, 0.2) is 42.5 Å². The average Bonchev–Trinajstić information content (AvgIpc) is 2.41. The van der Waals surface area contributed by atoms with E-state index in [4.69, 9.17) is 17.3 Å². The van der Waals surface area contributed by atoms with Gasteiger partial charge in [-0.25, -0.2) is 0 Å². The second-order valence-electron chi connectivity index (χ2n) is 4.98. The summed E-state index contributed by atoms with van der Waals surface area (Å²) < 4.78 is 0. The summed E-state index contributed by atoms with van der Waals surface area (Å²) >= 11 is 5.96. The van der Waals surface area contributed by atoms with Gasteiger partial charge in [0.2, 0.25) is 5.91 Å². The first-order chi connectivity index (χ1) is 9.95. The van der Waals surface area contributed by atoms with Crippen molar-refractivity contribution in [2.75, 3.05) is 29.5 Å². The molecule has 0 aromatic heterocycles. The van der Waals surface area contributed by atoms with Crippen LogP contribution in [0.5, 0.6) is 0 Å². The number of anilines is 3. The topological polar surface area (TPSA) is 58.4 Å². The smallest absolute Gasteiger partial charge is 0.243 e. The highest BCUT2D eigenvalue weighted by atomic mass is 35.5. The number of carbonyl (C=O) groups excluding carboxylic acids is 1. The molecule has 0 heterocycles. The average molecular weight is 304 g/mol. The predicted molar refractivity (Wildman–Crippen MR) is 88.9 cm³/mol. The van der Waals surface area contributed by atoms with Crippen molar-refractivity contribution >= 4 is 34.6 Å². The highest BCUT2D eigenvalue weighted by Crippen LogP contribution is 2.25. The van der Waals surface area contributed by atoms with Crippen LogP contribution in [0.4, 0.5) is 17.1 Å². The first-order valence-corrected chi connectivity index (χ1v) is 6.96. The van der Waals surface area contributed by atoms with Crippen LogP contribution < -0.4 is 16.0 Å². The van der Waals surface area contributed by atoms with Gasteiger partial charge in [-0.15, -0.1) is 0 Å². The maximum atomic E-state index is 12.1. The minimum atomic E-state index is -0.109. The zero-order valence-electron chi connectivity index (χ0n) is 12.1. The molecule has 2 rings (SSSR count).